The fourth-order valence-corrected chi connectivity index (χ4v) is 3.49. The maximum atomic E-state index is 13.0. The molecule has 0 bridgehead atoms. The van der Waals surface area contributed by atoms with E-state index in [0.717, 1.165) is 22.3 Å². The quantitative estimate of drug-likeness (QED) is 0.673. The lowest BCUT2D eigenvalue weighted by Gasteiger charge is -2.29. The maximum Gasteiger partial charge on any atom is 0.329 e. The van der Waals surface area contributed by atoms with Crippen molar-refractivity contribution in [3.63, 3.8) is 0 Å². The lowest BCUT2D eigenvalue weighted by atomic mass is 10.1. The maximum absolute atomic E-state index is 13.0. The zero-order valence-electron chi connectivity index (χ0n) is 16.2. The Morgan fingerprint density at radius 2 is 1.85 bits per heavy atom. The highest BCUT2D eigenvalue weighted by Crippen LogP contribution is 2.24. The van der Waals surface area contributed by atoms with E-state index in [-0.39, 0.29) is 24.2 Å². The second-order valence-corrected chi connectivity index (χ2v) is 6.55. The van der Waals surface area contributed by atoms with Crippen LogP contribution in [0.15, 0.2) is 53.3 Å². The minimum atomic E-state index is -0.186. The van der Waals surface area contributed by atoms with E-state index in [1.807, 2.05) is 62.4 Å². The summed E-state index contributed by atoms with van der Waals surface area (Å²) in [6.45, 7) is 4.50. The number of hydrogen-bond acceptors (Lipinski definition) is 3. The van der Waals surface area contributed by atoms with Gasteiger partial charge in [0.1, 0.15) is 12.3 Å². The largest absolute Gasteiger partial charge is 0.497 e. The Kier molecular flexibility index (Phi) is 5.35. The van der Waals surface area contributed by atoms with Crippen molar-refractivity contribution >= 4 is 16.9 Å². The third kappa shape index (κ3) is 3.47. The predicted molar refractivity (Wildman–Crippen MR) is 106 cm³/mol. The van der Waals surface area contributed by atoms with Gasteiger partial charge < -0.3 is 9.64 Å². The molecule has 0 aliphatic rings. The van der Waals surface area contributed by atoms with Crippen molar-refractivity contribution in [1.82, 2.24) is 14.0 Å². The van der Waals surface area contributed by atoms with Crippen molar-refractivity contribution in [1.29, 1.82) is 0 Å². The van der Waals surface area contributed by atoms with Crippen LogP contribution >= 0.6 is 0 Å². The number of amides is 1. The van der Waals surface area contributed by atoms with Crippen molar-refractivity contribution < 1.29 is 9.53 Å². The summed E-state index contributed by atoms with van der Waals surface area (Å²) in [5.74, 6) is 0.666. The number of para-hydroxylation sites is 2. The van der Waals surface area contributed by atoms with Crippen molar-refractivity contribution in [2.24, 2.45) is 7.05 Å². The fourth-order valence-electron chi connectivity index (χ4n) is 3.49. The molecule has 0 spiro atoms. The van der Waals surface area contributed by atoms with E-state index in [0.29, 0.717) is 6.54 Å². The molecule has 0 aliphatic heterocycles. The van der Waals surface area contributed by atoms with Gasteiger partial charge in [-0.25, -0.2) is 4.79 Å². The molecule has 1 unspecified atom stereocenters. The number of rotatable bonds is 6. The Hall–Kier alpha value is -3.02. The molecule has 6 heteroatoms. The van der Waals surface area contributed by atoms with Crippen molar-refractivity contribution in [2.45, 2.75) is 26.4 Å². The number of fused-ring (bicyclic) bond motifs is 1. The van der Waals surface area contributed by atoms with Crippen LogP contribution in [-0.4, -0.2) is 33.6 Å². The van der Waals surface area contributed by atoms with Gasteiger partial charge in [-0.3, -0.25) is 13.9 Å². The molecule has 142 valence electrons. The number of benzene rings is 2. The molecule has 0 N–H and O–H groups in total. The molecular weight excluding hydrogens is 342 g/mol. The lowest BCUT2D eigenvalue weighted by Crippen LogP contribution is -2.38. The number of hydrogen-bond donors (Lipinski definition) is 0. The SMILES string of the molecule is CCN(C(=O)Cn1c(=O)n(C)c2ccccc21)C(C)c1cccc(OC)c1. The molecule has 0 aliphatic carbocycles. The Bertz CT molecular complexity index is 1020. The van der Waals surface area contributed by atoms with Crippen molar-refractivity contribution in [3.05, 3.63) is 64.6 Å². The highest BCUT2D eigenvalue weighted by Gasteiger charge is 2.22. The van der Waals surface area contributed by atoms with Crippen LogP contribution in [-0.2, 0) is 18.4 Å². The summed E-state index contributed by atoms with van der Waals surface area (Å²) in [5.41, 5.74) is 2.40. The summed E-state index contributed by atoms with van der Waals surface area (Å²) < 4.78 is 8.40. The lowest BCUT2D eigenvalue weighted by molar-refractivity contribution is -0.133. The zero-order chi connectivity index (χ0) is 19.6. The molecule has 0 saturated carbocycles. The number of likely N-dealkylation sites (N-methyl/N-ethyl adjacent to an activating group) is 1. The smallest absolute Gasteiger partial charge is 0.329 e. The van der Waals surface area contributed by atoms with Gasteiger partial charge in [0, 0.05) is 13.6 Å². The van der Waals surface area contributed by atoms with Gasteiger partial charge in [0.25, 0.3) is 0 Å². The molecule has 2 aromatic carbocycles. The topological polar surface area (TPSA) is 56.5 Å². The number of ether oxygens (including phenoxy) is 1. The average Bonchev–Trinajstić information content (AvgIpc) is 2.93. The van der Waals surface area contributed by atoms with Gasteiger partial charge in [0.15, 0.2) is 0 Å². The van der Waals surface area contributed by atoms with Gasteiger partial charge in [-0.15, -0.1) is 0 Å². The molecule has 0 fully saturated rings. The molecule has 3 rings (SSSR count). The van der Waals surface area contributed by atoms with E-state index in [1.165, 1.54) is 0 Å². The molecule has 1 amide bonds. The Balaban J connectivity index is 1.90. The molecule has 0 saturated heterocycles. The summed E-state index contributed by atoms with van der Waals surface area (Å²) >= 11 is 0. The van der Waals surface area contributed by atoms with Crippen LogP contribution in [0.4, 0.5) is 0 Å². The molecule has 1 atom stereocenters. The first-order chi connectivity index (χ1) is 13.0. The van der Waals surface area contributed by atoms with E-state index < -0.39 is 0 Å². The number of aromatic nitrogens is 2. The number of aryl methyl sites for hydroxylation is 1. The first kappa shape index (κ1) is 18.8. The van der Waals surface area contributed by atoms with Gasteiger partial charge in [-0.1, -0.05) is 24.3 Å². The molecule has 6 nitrogen and oxygen atoms in total. The molecule has 1 heterocycles. The molecule has 3 aromatic rings. The van der Waals surface area contributed by atoms with E-state index >= 15 is 0 Å². The van der Waals surface area contributed by atoms with Gasteiger partial charge in [-0.05, 0) is 43.7 Å². The van der Waals surface area contributed by atoms with E-state index in [1.54, 1.807) is 28.2 Å². The average molecular weight is 367 g/mol. The normalized spacial score (nSPS) is 12.1. The van der Waals surface area contributed by atoms with Crippen LogP contribution in [0, 0.1) is 0 Å². The van der Waals surface area contributed by atoms with Gasteiger partial charge in [0.2, 0.25) is 5.91 Å². The second-order valence-electron chi connectivity index (χ2n) is 6.55. The highest BCUT2D eigenvalue weighted by molar-refractivity contribution is 5.81. The number of nitrogens with zero attached hydrogens (tertiary/aromatic N) is 3. The van der Waals surface area contributed by atoms with Gasteiger partial charge in [-0.2, -0.15) is 0 Å². The van der Waals surface area contributed by atoms with Crippen molar-refractivity contribution in [3.8, 4) is 5.75 Å². The monoisotopic (exact) mass is 367 g/mol. The number of carbonyl (C=O) groups is 1. The van der Waals surface area contributed by atoms with Crippen LogP contribution in [0.2, 0.25) is 0 Å². The van der Waals surface area contributed by atoms with Crippen molar-refractivity contribution in [2.75, 3.05) is 13.7 Å². The minimum absolute atomic E-state index is 0.0162. The second kappa shape index (κ2) is 7.70. The molecular formula is C21H25N3O3. The number of carbonyl (C=O) groups excluding carboxylic acids is 1. The minimum Gasteiger partial charge on any atom is -0.497 e. The van der Waals surface area contributed by atoms with Crippen LogP contribution in [0.5, 0.6) is 5.75 Å². The van der Waals surface area contributed by atoms with Crippen LogP contribution < -0.4 is 10.4 Å². The van der Waals surface area contributed by atoms with Gasteiger partial charge >= 0.3 is 5.69 Å². The Morgan fingerprint density at radius 3 is 2.52 bits per heavy atom. The van der Waals surface area contributed by atoms with E-state index in [9.17, 15) is 9.59 Å². The van der Waals surface area contributed by atoms with E-state index in [2.05, 4.69) is 0 Å². The molecule has 1 aromatic heterocycles. The third-order valence-electron chi connectivity index (χ3n) is 5.05. The van der Waals surface area contributed by atoms with Gasteiger partial charge in [0.05, 0.1) is 24.2 Å². The molecule has 0 radical (unpaired) electrons. The third-order valence-corrected chi connectivity index (χ3v) is 5.05. The first-order valence-electron chi connectivity index (χ1n) is 9.05. The number of methoxy groups -OCH3 is 1. The number of imidazole rings is 1. The van der Waals surface area contributed by atoms with E-state index in [4.69, 9.17) is 4.74 Å². The Morgan fingerprint density at radius 1 is 1.15 bits per heavy atom. The fraction of sp³-hybridized carbons (Fsp3) is 0.333. The summed E-state index contributed by atoms with van der Waals surface area (Å²) in [4.78, 5) is 27.4. The zero-order valence-corrected chi connectivity index (χ0v) is 16.2. The Labute approximate surface area is 158 Å². The summed E-state index contributed by atoms with van der Waals surface area (Å²) in [6.07, 6.45) is 0. The van der Waals surface area contributed by atoms with Crippen LogP contribution in [0.1, 0.15) is 25.5 Å². The van der Waals surface area contributed by atoms with Crippen LogP contribution in [0.3, 0.4) is 0 Å². The summed E-state index contributed by atoms with van der Waals surface area (Å²) in [5, 5.41) is 0. The standard InChI is InChI=1S/C21H25N3O3/c1-5-23(15(2)16-9-8-10-17(13-16)27-4)20(25)14-24-19-12-7-6-11-18(19)22(3)21(24)26/h6-13,15H,5,14H2,1-4H3. The highest BCUT2D eigenvalue weighted by atomic mass is 16.5. The first-order valence-corrected chi connectivity index (χ1v) is 9.05. The summed E-state index contributed by atoms with van der Waals surface area (Å²) in [6, 6.07) is 15.1. The molecule has 27 heavy (non-hydrogen) atoms. The van der Waals surface area contributed by atoms with Crippen LogP contribution in [0.25, 0.3) is 11.0 Å². The summed E-state index contributed by atoms with van der Waals surface area (Å²) in [7, 11) is 3.35. The predicted octanol–water partition coefficient (Wildman–Crippen LogP) is 2.96.